The maximum atomic E-state index is 12.8. The Labute approximate surface area is 199 Å². The van der Waals surface area contributed by atoms with Crippen molar-refractivity contribution in [2.45, 2.75) is 11.3 Å². The van der Waals surface area contributed by atoms with Gasteiger partial charge in [0.15, 0.2) is 0 Å². The van der Waals surface area contributed by atoms with E-state index in [9.17, 15) is 13.2 Å². The quantitative estimate of drug-likeness (QED) is 0.621. The molecule has 3 heterocycles. The lowest BCUT2D eigenvalue weighted by atomic mass is 10.2. The van der Waals surface area contributed by atoms with Gasteiger partial charge in [-0.05, 0) is 36.4 Å². The molecule has 0 radical (unpaired) electrons. The molecular formula is C23H28N6O4S. The van der Waals surface area contributed by atoms with Gasteiger partial charge in [0.1, 0.15) is 10.7 Å². The second-order valence-corrected chi connectivity index (χ2v) is 10.1. The van der Waals surface area contributed by atoms with Gasteiger partial charge < -0.3 is 15.0 Å². The molecule has 1 aromatic carbocycles. The van der Waals surface area contributed by atoms with Gasteiger partial charge in [0.25, 0.3) is 0 Å². The van der Waals surface area contributed by atoms with Crippen LogP contribution in [-0.2, 0) is 19.6 Å². The summed E-state index contributed by atoms with van der Waals surface area (Å²) in [6.45, 7) is 5.27. The lowest BCUT2D eigenvalue weighted by molar-refractivity contribution is -0.116. The van der Waals surface area contributed by atoms with Crippen LogP contribution in [0.2, 0.25) is 0 Å². The molecule has 0 saturated carbocycles. The molecule has 1 amide bonds. The fraction of sp³-hybridized carbons (Fsp3) is 0.435. The van der Waals surface area contributed by atoms with Crippen molar-refractivity contribution in [1.29, 1.82) is 5.26 Å². The lowest BCUT2D eigenvalue weighted by Crippen LogP contribution is -2.47. The van der Waals surface area contributed by atoms with Crippen LogP contribution in [0.15, 0.2) is 47.5 Å². The number of nitriles is 1. The SMILES string of the molecule is N#Cc1ccc(NC(=O)CCN2CCN(c3ccc(S(=O)(=O)N4CCOCC4)cn3)CC2)cc1. The molecule has 0 aliphatic carbocycles. The lowest BCUT2D eigenvalue weighted by Gasteiger charge is -2.35. The molecule has 0 bridgehead atoms. The number of morpholine rings is 1. The van der Waals surface area contributed by atoms with Gasteiger partial charge >= 0.3 is 0 Å². The summed E-state index contributed by atoms with van der Waals surface area (Å²) in [5, 5.41) is 11.7. The first kappa shape index (κ1) is 24.1. The first-order valence-corrected chi connectivity index (χ1v) is 12.7. The number of anilines is 2. The summed E-state index contributed by atoms with van der Waals surface area (Å²) in [4.78, 5) is 21.2. The van der Waals surface area contributed by atoms with Gasteiger partial charge in [-0.1, -0.05) is 0 Å². The van der Waals surface area contributed by atoms with Crippen LogP contribution in [0.1, 0.15) is 12.0 Å². The highest BCUT2D eigenvalue weighted by molar-refractivity contribution is 7.89. The summed E-state index contributed by atoms with van der Waals surface area (Å²) in [6.07, 6.45) is 1.81. The maximum absolute atomic E-state index is 12.8. The monoisotopic (exact) mass is 484 g/mol. The predicted octanol–water partition coefficient (Wildman–Crippen LogP) is 1.12. The van der Waals surface area contributed by atoms with E-state index in [1.807, 2.05) is 0 Å². The average Bonchev–Trinajstić information content (AvgIpc) is 2.89. The Morgan fingerprint density at radius 2 is 1.74 bits per heavy atom. The van der Waals surface area contributed by atoms with E-state index >= 15 is 0 Å². The van der Waals surface area contributed by atoms with E-state index in [0.29, 0.717) is 50.5 Å². The second-order valence-electron chi connectivity index (χ2n) is 8.18. The fourth-order valence-electron chi connectivity index (χ4n) is 3.96. The van der Waals surface area contributed by atoms with E-state index in [1.54, 1.807) is 36.4 Å². The maximum Gasteiger partial charge on any atom is 0.244 e. The minimum absolute atomic E-state index is 0.0640. The van der Waals surface area contributed by atoms with Crippen LogP contribution in [0.5, 0.6) is 0 Å². The summed E-state index contributed by atoms with van der Waals surface area (Å²) in [7, 11) is -3.55. The van der Waals surface area contributed by atoms with Gasteiger partial charge in [-0.3, -0.25) is 9.69 Å². The van der Waals surface area contributed by atoms with Gasteiger partial charge in [-0.15, -0.1) is 0 Å². The topological polar surface area (TPSA) is 119 Å². The van der Waals surface area contributed by atoms with Crippen molar-refractivity contribution in [3.8, 4) is 6.07 Å². The van der Waals surface area contributed by atoms with Crippen molar-refractivity contribution in [3.05, 3.63) is 48.2 Å². The minimum Gasteiger partial charge on any atom is -0.379 e. The first-order valence-electron chi connectivity index (χ1n) is 11.3. The van der Waals surface area contributed by atoms with Crippen molar-refractivity contribution in [2.75, 3.05) is 69.2 Å². The average molecular weight is 485 g/mol. The third kappa shape index (κ3) is 5.90. The van der Waals surface area contributed by atoms with Crippen molar-refractivity contribution in [2.24, 2.45) is 0 Å². The summed E-state index contributed by atoms with van der Waals surface area (Å²) in [6, 6.07) is 12.2. The number of aromatic nitrogens is 1. The molecule has 2 aliphatic heterocycles. The number of ether oxygens (including phenoxy) is 1. The number of carbonyl (C=O) groups is 1. The highest BCUT2D eigenvalue weighted by Gasteiger charge is 2.27. The number of hydrogen-bond donors (Lipinski definition) is 1. The van der Waals surface area contributed by atoms with Crippen molar-refractivity contribution < 1.29 is 17.9 Å². The molecule has 2 fully saturated rings. The summed E-state index contributed by atoms with van der Waals surface area (Å²) < 4.78 is 32.2. The summed E-state index contributed by atoms with van der Waals surface area (Å²) in [5.74, 6) is 0.685. The van der Waals surface area contributed by atoms with Gasteiger partial charge in [0.2, 0.25) is 15.9 Å². The zero-order chi connectivity index (χ0) is 24.0. The van der Waals surface area contributed by atoms with Gasteiger partial charge in [-0.25, -0.2) is 13.4 Å². The van der Waals surface area contributed by atoms with Crippen molar-refractivity contribution in [1.82, 2.24) is 14.2 Å². The third-order valence-electron chi connectivity index (χ3n) is 5.98. The van der Waals surface area contributed by atoms with Crippen molar-refractivity contribution >= 4 is 27.4 Å². The van der Waals surface area contributed by atoms with Crippen LogP contribution in [0.4, 0.5) is 11.5 Å². The molecule has 1 N–H and O–H groups in total. The normalized spacial score (nSPS) is 17.8. The highest BCUT2D eigenvalue weighted by Crippen LogP contribution is 2.20. The van der Waals surface area contributed by atoms with E-state index in [2.05, 4.69) is 26.2 Å². The summed E-state index contributed by atoms with van der Waals surface area (Å²) in [5.41, 5.74) is 1.23. The second kappa shape index (κ2) is 10.9. The molecule has 11 heteroatoms. The van der Waals surface area contributed by atoms with Gasteiger partial charge in [0, 0.05) is 64.1 Å². The number of nitrogens with zero attached hydrogens (tertiary/aromatic N) is 5. The zero-order valence-corrected chi connectivity index (χ0v) is 19.7. The molecule has 10 nitrogen and oxygen atoms in total. The van der Waals surface area contributed by atoms with Crippen molar-refractivity contribution in [3.63, 3.8) is 0 Å². The summed E-state index contributed by atoms with van der Waals surface area (Å²) >= 11 is 0. The number of benzene rings is 1. The van der Waals surface area contributed by atoms with E-state index in [4.69, 9.17) is 10.00 Å². The smallest absolute Gasteiger partial charge is 0.244 e. The molecule has 34 heavy (non-hydrogen) atoms. The van der Waals surface area contributed by atoms with E-state index in [0.717, 1.165) is 32.0 Å². The van der Waals surface area contributed by atoms with Crippen LogP contribution in [0.25, 0.3) is 0 Å². The fourth-order valence-corrected chi connectivity index (χ4v) is 5.31. The van der Waals surface area contributed by atoms with Crippen LogP contribution in [-0.4, -0.2) is 87.5 Å². The molecule has 0 atom stereocenters. The van der Waals surface area contributed by atoms with Crippen LogP contribution in [0.3, 0.4) is 0 Å². The number of hydrogen-bond acceptors (Lipinski definition) is 8. The molecule has 180 valence electrons. The van der Waals surface area contributed by atoms with E-state index in [1.165, 1.54) is 10.5 Å². The highest BCUT2D eigenvalue weighted by atomic mass is 32.2. The third-order valence-corrected chi connectivity index (χ3v) is 7.86. The molecule has 0 unspecified atom stereocenters. The number of pyridine rings is 1. The molecule has 1 aromatic heterocycles. The number of rotatable bonds is 7. The van der Waals surface area contributed by atoms with Crippen LogP contribution < -0.4 is 10.2 Å². The van der Waals surface area contributed by atoms with Crippen LogP contribution >= 0.6 is 0 Å². The number of sulfonamides is 1. The Kier molecular flexibility index (Phi) is 7.74. The molecule has 2 aliphatic rings. The molecule has 2 aromatic rings. The minimum atomic E-state index is -3.55. The number of carbonyl (C=O) groups excluding carboxylic acids is 1. The predicted molar refractivity (Wildman–Crippen MR) is 127 cm³/mol. The number of nitrogens with one attached hydrogen (secondary N) is 1. The van der Waals surface area contributed by atoms with Gasteiger partial charge in [-0.2, -0.15) is 9.57 Å². The Bertz CT molecular complexity index is 1120. The molecule has 2 saturated heterocycles. The molecular weight excluding hydrogens is 456 g/mol. The standard InChI is InChI=1S/C23H28N6O4S/c24-17-19-1-3-20(4-2-19)26-23(30)7-8-27-9-11-28(12-10-27)22-6-5-21(18-25-22)34(31,32)29-13-15-33-16-14-29/h1-6,18H,7-16H2,(H,26,30). The number of piperazine rings is 1. The Balaban J connectivity index is 1.23. The Morgan fingerprint density at radius 1 is 1.03 bits per heavy atom. The first-order chi connectivity index (χ1) is 16.5. The molecule has 4 rings (SSSR count). The van der Waals surface area contributed by atoms with Gasteiger partial charge in [0.05, 0.1) is 24.8 Å². The van der Waals surface area contributed by atoms with E-state index < -0.39 is 10.0 Å². The zero-order valence-electron chi connectivity index (χ0n) is 18.9. The van der Waals surface area contributed by atoms with E-state index in [-0.39, 0.29) is 10.8 Å². The largest absolute Gasteiger partial charge is 0.379 e. The Hall–Kier alpha value is -3.04. The van der Waals surface area contributed by atoms with Crippen LogP contribution in [0, 0.1) is 11.3 Å². The Morgan fingerprint density at radius 3 is 2.35 bits per heavy atom. The number of amides is 1. The molecule has 0 spiro atoms.